The van der Waals surface area contributed by atoms with Gasteiger partial charge in [0.2, 0.25) is 5.95 Å². The van der Waals surface area contributed by atoms with Crippen LogP contribution in [0.4, 0.5) is 24.9 Å². The summed E-state index contributed by atoms with van der Waals surface area (Å²) in [5.41, 5.74) is 3.04. The molecule has 0 aliphatic heterocycles. The second kappa shape index (κ2) is 9.78. The van der Waals surface area contributed by atoms with E-state index >= 15 is 0 Å². The molecule has 186 valence electrons. The first kappa shape index (κ1) is 24.9. The number of anilines is 2. The molecular formula is C26H29F3N4O2. The number of terminal acetylenes is 1. The van der Waals surface area contributed by atoms with Gasteiger partial charge in [-0.15, -0.1) is 19.6 Å². The number of nitrogens with one attached hydrogen (secondary N) is 2. The largest absolute Gasteiger partial charge is 0.573 e. The van der Waals surface area contributed by atoms with Crippen molar-refractivity contribution in [2.24, 2.45) is 5.41 Å². The molecule has 2 atom stereocenters. The molecule has 35 heavy (non-hydrogen) atoms. The normalized spacial score (nSPS) is 21.0. The van der Waals surface area contributed by atoms with Crippen LogP contribution in [0.3, 0.4) is 0 Å². The molecule has 2 aromatic rings. The highest BCUT2D eigenvalue weighted by atomic mass is 19.4. The lowest BCUT2D eigenvalue weighted by molar-refractivity contribution is -0.274. The molecule has 4 rings (SSSR count). The maximum Gasteiger partial charge on any atom is 0.573 e. The van der Waals surface area contributed by atoms with Crippen LogP contribution in [0.25, 0.3) is 5.57 Å². The summed E-state index contributed by atoms with van der Waals surface area (Å²) >= 11 is 0. The van der Waals surface area contributed by atoms with Crippen LogP contribution in [-0.2, 0) is 6.42 Å². The van der Waals surface area contributed by atoms with E-state index in [9.17, 15) is 18.3 Å². The molecule has 9 heteroatoms. The predicted molar refractivity (Wildman–Crippen MR) is 129 cm³/mol. The second-order valence-electron chi connectivity index (χ2n) is 9.70. The van der Waals surface area contributed by atoms with Gasteiger partial charge in [-0.1, -0.05) is 31.9 Å². The zero-order chi connectivity index (χ0) is 25.2. The SMILES string of the molecule is C#Cc1cnc(NCCC2=CCc3ccc(OC(F)(F)F)cc32)nc1N[C@@H]1CC[C@H](O)C(C)(C)C1. The van der Waals surface area contributed by atoms with E-state index in [-0.39, 0.29) is 23.3 Å². The highest BCUT2D eigenvalue weighted by Gasteiger charge is 2.36. The second-order valence-corrected chi connectivity index (χ2v) is 9.70. The number of rotatable bonds is 7. The van der Waals surface area contributed by atoms with Gasteiger partial charge in [0.1, 0.15) is 11.6 Å². The van der Waals surface area contributed by atoms with Gasteiger partial charge in [0, 0.05) is 12.6 Å². The average molecular weight is 487 g/mol. The van der Waals surface area contributed by atoms with E-state index in [0.29, 0.717) is 43.1 Å². The molecule has 0 saturated heterocycles. The molecular weight excluding hydrogens is 457 g/mol. The van der Waals surface area contributed by atoms with Crippen molar-refractivity contribution in [3.63, 3.8) is 0 Å². The minimum absolute atomic E-state index is 0.136. The predicted octanol–water partition coefficient (Wildman–Crippen LogP) is 5.15. The van der Waals surface area contributed by atoms with Gasteiger partial charge in [-0.25, -0.2) is 4.98 Å². The monoisotopic (exact) mass is 486 g/mol. The molecule has 2 aliphatic rings. The van der Waals surface area contributed by atoms with Gasteiger partial charge in [-0.3, -0.25) is 0 Å². The Kier molecular flexibility index (Phi) is 6.95. The summed E-state index contributed by atoms with van der Waals surface area (Å²) in [6, 6.07) is 4.57. The minimum Gasteiger partial charge on any atom is -0.406 e. The number of fused-ring (bicyclic) bond motifs is 1. The van der Waals surface area contributed by atoms with Gasteiger partial charge in [-0.05, 0) is 66.4 Å². The summed E-state index contributed by atoms with van der Waals surface area (Å²) in [6.45, 7) is 4.59. The van der Waals surface area contributed by atoms with Crippen LogP contribution in [0, 0.1) is 17.8 Å². The fourth-order valence-corrected chi connectivity index (χ4v) is 4.74. The van der Waals surface area contributed by atoms with E-state index in [2.05, 4.69) is 45.1 Å². The third-order valence-electron chi connectivity index (χ3n) is 6.65. The standard InChI is InChI=1S/C26H29F3N4O2/c1-4-16-15-31-24(33-23(16)32-19-8-10-22(34)25(2,3)14-19)30-12-11-18-6-5-17-7-9-20(13-21(17)18)35-26(27,28)29/h1,6-7,9,13,15,19,22,34H,5,8,10-12,14H2,2-3H3,(H2,30,31,32,33)/t19-,22+/m1/s1. The quantitative estimate of drug-likeness (QED) is 0.470. The highest BCUT2D eigenvalue weighted by molar-refractivity contribution is 5.74. The molecule has 6 nitrogen and oxygen atoms in total. The van der Waals surface area contributed by atoms with Crippen LogP contribution in [0.1, 0.15) is 56.2 Å². The fourth-order valence-electron chi connectivity index (χ4n) is 4.74. The zero-order valence-corrected chi connectivity index (χ0v) is 19.7. The van der Waals surface area contributed by atoms with E-state index in [1.165, 1.54) is 12.1 Å². The van der Waals surface area contributed by atoms with Crippen LogP contribution >= 0.6 is 0 Å². The van der Waals surface area contributed by atoms with Crippen LogP contribution in [0.2, 0.25) is 0 Å². The Morgan fingerprint density at radius 3 is 2.80 bits per heavy atom. The van der Waals surface area contributed by atoms with Crippen molar-refractivity contribution in [1.82, 2.24) is 9.97 Å². The number of benzene rings is 1. The molecule has 1 fully saturated rings. The number of hydrogen-bond acceptors (Lipinski definition) is 6. The molecule has 1 saturated carbocycles. The van der Waals surface area contributed by atoms with Crippen molar-refractivity contribution in [2.45, 2.75) is 64.5 Å². The molecule has 0 amide bonds. The molecule has 0 radical (unpaired) electrons. The van der Waals surface area contributed by atoms with Crippen molar-refractivity contribution in [1.29, 1.82) is 0 Å². The average Bonchev–Trinajstić information content (AvgIpc) is 3.17. The zero-order valence-electron chi connectivity index (χ0n) is 19.7. The highest BCUT2D eigenvalue weighted by Crippen LogP contribution is 2.37. The minimum atomic E-state index is -4.72. The van der Waals surface area contributed by atoms with Gasteiger partial charge in [0.05, 0.1) is 17.9 Å². The Balaban J connectivity index is 1.38. The molecule has 1 heterocycles. The van der Waals surface area contributed by atoms with Gasteiger partial charge in [0.25, 0.3) is 0 Å². The molecule has 1 aromatic heterocycles. The van der Waals surface area contributed by atoms with Gasteiger partial charge < -0.3 is 20.5 Å². The number of alkyl halides is 3. The van der Waals surface area contributed by atoms with Crippen molar-refractivity contribution < 1.29 is 23.0 Å². The number of aliphatic hydroxyl groups excluding tert-OH is 1. The molecule has 0 unspecified atom stereocenters. The number of aliphatic hydroxyl groups is 1. The summed E-state index contributed by atoms with van der Waals surface area (Å²) in [5, 5.41) is 16.8. The van der Waals surface area contributed by atoms with Crippen LogP contribution in [0.5, 0.6) is 5.75 Å². The summed E-state index contributed by atoms with van der Waals surface area (Å²) < 4.78 is 41.8. The maximum atomic E-state index is 12.6. The van der Waals surface area contributed by atoms with E-state index < -0.39 is 6.36 Å². The number of ether oxygens (including phenoxy) is 1. The van der Waals surface area contributed by atoms with E-state index in [4.69, 9.17) is 6.42 Å². The number of halogens is 3. The first-order valence-corrected chi connectivity index (χ1v) is 11.6. The van der Waals surface area contributed by atoms with Gasteiger partial charge >= 0.3 is 6.36 Å². The number of aromatic nitrogens is 2. The first-order chi connectivity index (χ1) is 16.5. The third kappa shape index (κ3) is 6.06. The fraction of sp³-hybridized carbons (Fsp3) is 0.462. The smallest absolute Gasteiger partial charge is 0.406 e. The Morgan fingerprint density at radius 2 is 2.09 bits per heavy atom. The summed E-state index contributed by atoms with van der Waals surface area (Å²) in [7, 11) is 0. The first-order valence-electron chi connectivity index (χ1n) is 11.6. The number of hydrogen-bond donors (Lipinski definition) is 3. The molecule has 2 aliphatic carbocycles. The van der Waals surface area contributed by atoms with E-state index in [0.717, 1.165) is 29.5 Å². The third-order valence-corrected chi connectivity index (χ3v) is 6.65. The Bertz CT molecular complexity index is 1150. The lowest BCUT2D eigenvalue weighted by Gasteiger charge is -2.40. The molecule has 0 bridgehead atoms. The van der Waals surface area contributed by atoms with Crippen molar-refractivity contribution in [3.05, 3.63) is 47.2 Å². The molecule has 0 spiro atoms. The number of nitrogens with zero attached hydrogens (tertiary/aromatic N) is 2. The Labute approximate surface area is 203 Å². The summed E-state index contributed by atoms with van der Waals surface area (Å²) in [4.78, 5) is 8.86. The lowest BCUT2D eigenvalue weighted by atomic mass is 9.73. The van der Waals surface area contributed by atoms with Crippen LogP contribution in [-0.4, -0.2) is 40.1 Å². The lowest BCUT2D eigenvalue weighted by Crippen LogP contribution is -2.41. The maximum absolute atomic E-state index is 12.6. The van der Waals surface area contributed by atoms with E-state index in [1.54, 1.807) is 12.3 Å². The van der Waals surface area contributed by atoms with Crippen molar-refractivity contribution in [2.75, 3.05) is 17.2 Å². The van der Waals surface area contributed by atoms with E-state index in [1.807, 2.05) is 6.08 Å². The Hall–Kier alpha value is -3.25. The molecule has 1 aromatic carbocycles. The molecule has 3 N–H and O–H groups in total. The summed E-state index contributed by atoms with van der Waals surface area (Å²) in [6.07, 6.45) is 7.75. The van der Waals surface area contributed by atoms with Gasteiger partial charge in [-0.2, -0.15) is 4.98 Å². The summed E-state index contributed by atoms with van der Waals surface area (Å²) in [5.74, 6) is 3.37. The van der Waals surface area contributed by atoms with Gasteiger partial charge in [0.15, 0.2) is 0 Å². The van der Waals surface area contributed by atoms with Crippen LogP contribution < -0.4 is 15.4 Å². The van der Waals surface area contributed by atoms with Crippen molar-refractivity contribution in [3.8, 4) is 18.1 Å². The topological polar surface area (TPSA) is 79.3 Å². The van der Waals surface area contributed by atoms with Crippen molar-refractivity contribution >= 4 is 17.3 Å². The number of allylic oxidation sites excluding steroid dienone is 1. The Morgan fingerprint density at radius 1 is 1.29 bits per heavy atom. The van der Waals surface area contributed by atoms with Crippen LogP contribution in [0.15, 0.2) is 30.5 Å².